The van der Waals surface area contributed by atoms with Gasteiger partial charge in [-0.1, -0.05) is 18.2 Å². The lowest BCUT2D eigenvalue weighted by Crippen LogP contribution is -2.25. The highest BCUT2D eigenvalue weighted by Gasteiger charge is 2.12. The number of benzene rings is 2. The van der Waals surface area contributed by atoms with E-state index in [0.29, 0.717) is 34.8 Å². The molecular formula is C22H19N3O3. The van der Waals surface area contributed by atoms with Crippen molar-refractivity contribution >= 4 is 17.0 Å². The number of rotatable bonds is 6. The van der Waals surface area contributed by atoms with E-state index < -0.39 is 0 Å². The van der Waals surface area contributed by atoms with Crippen molar-refractivity contribution in [3.63, 3.8) is 0 Å². The zero-order valence-corrected chi connectivity index (χ0v) is 15.4. The molecule has 4 rings (SSSR count). The van der Waals surface area contributed by atoms with Gasteiger partial charge in [0, 0.05) is 18.3 Å². The first-order valence-electron chi connectivity index (χ1n) is 8.96. The van der Waals surface area contributed by atoms with Crippen molar-refractivity contribution in [2.24, 2.45) is 0 Å². The van der Waals surface area contributed by atoms with Gasteiger partial charge in [0.1, 0.15) is 17.0 Å². The number of oxazole rings is 1. The standard InChI is InChI=1S/C22H19N3O3/c1-27-17-8-5-15(6-9-17)11-13-24-21(26)16-7-10-18-20(14-16)28-22(25-18)19-4-2-3-12-23-19/h2-10,12,14H,11,13H2,1H3,(H,24,26). The number of amides is 1. The third kappa shape index (κ3) is 3.86. The van der Waals surface area contributed by atoms with Gasteiger partial charge in [0.05, 0.1) is 7.11 Å². The number of nitrogens with zero attached hydrogens (tertiary/aromatic N) is 2. The number of nitrogens with one attached hydrogen (secondary N) is 1. The van der Waals surface area contributed by atoms with E-state index in [-0.39, 0.29) is 5.91 Å². The molecule has 6 nitrogen and oxygen atoms in total. The highest BCUT2D eigenvalue weighted by Crippen LogP contribution is 2.23. The second kappa shape index (κ2) is 7.92. The Morgan fingerprint density at radius 3 is 2.71 bits per heavy atom. The maximum absolute atomic E-state index is 12.5. The van der Waals surface area contributed by atoms with Crippen molar-refractivity contribution in [1.29, 1.82) is 0 Å². The van der Waals surface area contributed by atoms with E-state index in [9.17, 15) is 4.79 Å². The van der Waals surface area contributed by atoms with Crippen LogP contribution < -0.4 is 10.1 Å². The summed E-state index contributed by atoms with van der Waals surface area (Å²) >= 11 is 0. The van der Waals surface area contributed by atoms with Crippen molar-refractivity contribution in [3.8, 4) is 17.3 Å². The van der Waals surface area contributed by atoms with E-state index in [1.54, 1.807) is 31.5 Å². The van der Waals surface area contributed by atoms with Crippen LogP contribution in [0.1, 0.15) is 15.9 Å². The maximum atomic E-state index is 12.5. The van der Waals surface area contributed by atoms with E-state index in [1.165, 1.54) is 0 Å². The normalized spacial score (nSPS) is 10.8. The first-order valence-corrected chi connectivity index (χ1v) is 8.96. The lowest BCUT2D eigenvalue weighted by Gasteiger charge is -2.06. The number of ether oxygens (including phenoxy) is 1. The van der Waals surface area contributed by atoms with E-state index in [4.69, 9.17) is 9.15 Å². The van der Waals surface area contributed by atoms with Crippen LogP contribution in [0.25, 0.3) is 22.7 Å². The molecule has 0 fully saturated rings. The summed E-state index contributed by atoms with van der Waals surface area (Å²) in [6.45, 7) is 0.540. The average Bonchev–Trinajstić information content (AvgIpc) is 3.18. The second-order valence-corrected chi connectivity index (χ2v) is 6.27. The molecule has 0 unspecified atom stereocenters. The third-order valence-electron chi connectivity index (χ3n) is 4.39. The smallest absolute Gasteiger partial charge is 0.251 e. The summed E-state index contributed by atoms with van der Waals surface area (Å²) in [4.78, 5) is 21.1. The van der Waals surface area contributed by atoms with Crippen LogP contribution in [0.4, 0.5) is 0 Å². The number of aromatic nitrogens is 2. The number of carbonyl (C=O) groups excluding carboxylic acids is 1. The molecule has 2 aromatic heterocycles. The summed E-state index contributed by atoms with van der Waals surface area (Å²) in [6.07, 6.45) is 2.43. The van der Waals surface area contributed by atoms with Gasteiger partial charge in [-0.25, -0.2) is 4.98 Å². The summed E-state index contributed by atoms with van der Waals surface area (Å²) < 4.78 is 10.9. The summed E-state index contributed by atoms with van der Waals surface area (Å²) in [7, 11) is 1.64. The summed E-state index contributed by atoms with van der Waals surface area (Å²) in [5.74, 6) is 1.11. The molecule has 0 saturated carbocycles. The molecule has 0 atom stereocenters. The van der Waals surface area contributed by atoms with Gasteiger partial charge in [0.15, 0.2) is 5.58 Å². The molecule has 140 valence electrons. The van der Waals surface area contributed by atoms with Crippen LogP contribution >= 0.6 is 0 Å². The first kappa shape index (κ1) is 17.7. The molecule has 0 saturated heterocycles. The number of hydrogen-bond donors (Lipinski definition) is 1. The minimum Gasteiger partial charge on any atom is -0.497 e. The topological polar surface area (TPSA) is 77.2 Å². The number of fused-ring (bicyclic) bond motifs is 1. The Morgan fingerprint density at radius 1 is 1.11 bits per heavy atom. The molecule has 0 bridgehead atoms. The molecule has 0 aliphatic heterocycles. The van der Waals surface area contributed by atoms with Crippen molar-refractivity contribution in [1.82, 2.24) is 15.3 Å². The van der Waals surface area contributed by atoms with Gasteiger partial charge in [-0.3, -0.25) is 9.78 Å². The summed E-state index contributed by atoms with van der Waals surface area (Å²) in [5.41, 5.74) is 3.57. The molecule has 1 amide bonds. The third-order valence-corrected chi connectivity index (χ3v) is 4.39. The molecule has 2 heterocycles. The zero-order chi connectivity index (χ0) is 19.3. The van der Waals surface area contributed by atoms with Crippen LogP contribution in [-0.2, 0) is 6.42 Å². The first-order chi connectivity index (χ1) is 13.7. The van der Waals surface area contributed by atoms with Gasteiger partial charge in [0.25, 0.3) is 5.91 Å². The van der Waals surface area contributed by atoms with Crippen LogP contribution in [-0.4, -0.2) is 29.5 Å². The van der Waals surface area contributed by atoms with Crippen molar-refractivity contribution < 1.29 is 13.9 Å². The van der Waals surface area contributed by atoms with Gasteiger partial charge in [-0.15, -0.1) is 0 Å². The molecular weight excluding hydrogens is 354 g/mol. The molecule has 0 radical (unpaired) electrons. The van der Waals surface area contributed by atoms with Crippen molar-refractivity contribution in [3.05, 3.63) is 78.0 Å². The predicted octanol–water partition coefficient (Wildman–Crippen LogP) is 3.87. The Bertz CT molecular complexity index is 1090. The van der Waals surface area contributed by atoms with Crippen LogP contribution in [0, 0.1) is 0 Å². The minimum absolute atomic E-state index is 0.147. The molecule has 6 heteroatoms. The lowest BCUT2D eigenvalue weighted by molar-refractivity contribution is 0.0954. The Kier molecular flexibility index (Phi) is 5.01. The maximum Gasteiger partial charge on any atom is 0.251 e. The Morgan fingerprint density at radius 2 is 1.96 bits per heavy atom. The molecule has 1 N–H and O–H groups in total. The Balaban J connectivity index is 1.42. The van der Waals surface area contributed by atoms with Crippen LogP contribution in [0.15, 0.2) is 71.3 Å². The highest BCUT2D eigenvalue weighted by atomic mass is 16.5. The van der Waals surface area contributed by atoms with Gasteiger partial charge in [-0.2, -0.15) is 0 Å². The van der Waals surface area contributed by atoms with Crippen molar-refractivity contribution in [2.75, 3.05) is 13.7 Å². The van der Waals surface area contributed by atoms with Crippen LogP contribution in [0.2, 0.25) is 0 Å². The van der Waals surface area contributed by atoms with Gasteiger partial charge in [-0.05, 0) is 54.4 Å². The van der Waals surface area contributed by atoms with Crippen LogP contribution in [0.3, 0.4) is 0 Å². The molecule has 28 heavy (non-hydrogen) atoms. The van der Waals surface area contributed by atoms with Gasteiger partial charge < -0.3 is 14.5 Å². The molecule has 0 aliphatic rings. The van der Waals surface area contributed by atoms with E-state index in [1.807, 2.05) is 42.5 Å². The van der Waals surface area contributed by atoms with E-state index >= 15 is 0 Å². The lowest BCUT2D eigenvalue weighted by atomic mass is 10.1. The molecule has 4 aromatic rings. The fraction of sp³-hybridized carbons (Fsp3) is 0.136. The minimum atomic E-state index is -0.147. The predicted molar refractivity (Wildman–Crippen MR) is 106 cm³/mol. The van der Waals surface area contributed by atoms with Gasteiger partial charge >= 0.3 is 0 Å². The van der Waals surface area contributed by atoms with Crippen LogP contribution in [0.5, 0.6) is 5.75 Å². The molecule has 0 aliphatic carbocycles. The SMILES string of the molecule is COc1ccc(CCNC(=O)c2ccc3nc(-c4ccccn4)oc3c2)cc1. The Labute approximate surface area is 162 Å². The highest BCUT2D eigenvalue weighted by molar-refractivity contribution is 5.97. The molecule has 2 aromatic carbocycles. The number of carbonyl (C=O) groups is 1. The quantitative estimate of drug-likeness (QED) is 0.555. The fourth-order valence-corrected chi connectivity index (χ4v) is 2.88. The molecule has 0 spiro atoms. The second-order valence-electron chi connectivity index (χ2n) is 6.27. The fourth-order valence-electron chi connectivity index (χ4n) is 2.88. The Hall–Kier alpha value is -3.67. The summed E-state index contributed by atoms with van der Waals surface area (Å²) in [5, 5.41) is 2.93. The number of hydrogen-bond acceptors (Lipinski definition) is 5. The monoisotopic (exact) mass is 373 g/mol. The van der Waals surface area contributed by atoms with E-state index in [0.717, 1.165) is 17.7 Å². The average molecular weight is 373 g/mol. The number of pyridine rings is 1. The number of methoxy groups -OCH3 is 1. The largest absolute Gasteiger partial charge is 0.497 e. The zero-order valence-electron chi connectivity index (χ0n) is 15.4. The van der Waals surface area contributed by atoms with E-state index in [2.05, 4.69) is 15.3 Å². The van der Waals surface area contributed by atoms with Crippen molar-refractivity contribution in [2.45, 2.75) is 6.42 Å². The van der Waals surface area contributed by atoms with Gasteiger partial charge in [0.2, 0.25) is 5.89 Å². The summed E-state index contributed by atoms with van der Waals surface area (Å²) in [6, 6.07) is 18.6.